The smallest absolute Gasteiger partial charge is 0.234 e. The first-order valence-electron chi connectivity index (χ1n) is 6.02. The number of aromatic nitrogens is 2. The Morgan fingerprint density at radius 1 is 1.59 bits per heavy atom. The van der Waals surface area contributed by atoms with Gasteiger partial charge in [-0.05, 0) is 20.3 Å². The van der Waals surface area contributed by atoms with E-state index >= 15 is 0 Å². The highest BCUT2D eigenvalue weighted by molar-refractivity contribution is 5.78. The number of aryl methyl sites for hydroxylation is 2. The van der Waals surface area contributed by atoms with Crippen molar-refractivity contribution in [3.05, 3.63) is 17.5 Å². The van der Waals surface area contributed by atoms with Crippen molar-refractivity contribution in [3.63, 3.8) is 0 Å². The number of nitrogens with zero attached hydrogens (tertiary/aromatic N) is 2. The Kier molecular flexibility index (Phi) is 5.15. The van der Waals surface area contributed by atoms with Crippen molar-refractivity contribution >= 4 is 5.91 Å². The molecule has 96 valence electrons. The highest BCUT2D eigenvalue weighted by atomic mass is 16.1. The third kappa shape index (κ3) is 4.56. The van der Waals surface area contributed by atoms with Crippen molar-refractivity contribution in [3.8, 4) is 0 Å². The molecule has 1 atom stereocenters. The van der Waals surface area contributed by atoms with Crippen LogP contribution in [0.25, 0.3) is 0 Å². The van der Waals surface area contributed by atoms with Crippen molar-refractivity contribution in [1.29, 1.82) is 0 Å². The fraction of sp³-hybridized carbons (Fsp3) is 0.667. The zero-order chi connectivity index (χ0) is 12.8. The Morgan fingerprint density at radius 3 is 2.82 bits per heavy atom. The first-order valence-corrected chi connectivity index (χ1v) is 6.02. The lowest BCUT2D eigenvalue weighted by Crippen LogP contribution is -2.38. The predicted molar refractivity (Wildman–Crippen MR) is 67.5 cm³/mol. The number of hydrogen-bond donors (Lipinski definition) is 2. The van der Waals surface area contributed by atoms with Gasteiger partial charge in [0.15, 0.2) is 0 Å². The van der Waals surface area contributed by atoms with E-state index < -0.39 is 0 Å². The molecule has 0 aliphatic rings. The molecule has 5 heteroatoms. The van der Waals surface area contributed by atoms with Crippen LogP contribution in [0.15, 0.2) is 6.20 Å². The standard InChI is InChI=1S/C12H22N4O/c1-5-9(2)14-12(17)7-13-6-11-8-16(4)15-10(11)3/h8-9,13H,5-7H2,1-4H3,(H,14,17). The average molecular weight is 238 g/mol. The lowest BCUT2D eigenvalue weighted by molar-refractivity contribution is -0.120. The van der Waals surface area contributed by atoms with E-state index in [-0.39, 0.29) is 11.9 Å². The maximum atomic E-state index is 11.5. The summed E-state index contributed by atoms with van der Waals surface area (Å²) in [5, 5.41) is 10.3. The number of rotatable bonds is 6. The molecule has 0 aromatic carbocycles. The van der Waals surface area contributed by atoms with E-state index in [1.54, 1.807) is 4.68 Å². The quantitative estimate of drug-likeness (QED) is 0.768. The zero-order valence-electron chi connectivity index (χ0n) is 11.1. The van der Waals surface area contributed by atoms with Gasteiger partial charge in [-0.15, -0.1) is 0 Å². The molecular weight excluding hydrogens is 216 g/mol. The predicted octanol–water partition coefficient (Wildman–Crippen LogP) is 0.733. The van der Waals surface area contributed by atoms with Crippen molar-refractivity contribution < 1.29 is 4.79 Å². The van der Waals surface area contributed by atoms with Gasteiger partial charge in [-0.3, -0.25) is 9.48 Å². The summed E-state index contributed by atoms with van der Waals surface area (Å²) in [6, 6.07) is 0.240. The van der Waals surface area contributed by atoms with E-state index in [2.05, 4.69) is 22.7 Å². The number of amides is 1. The normalized spacial score (nSPS) is 12.5. The second-order valence-electron chi connectivity index (χ2n) is 4.39. The number of hydrogen-bond acceptors (Lipinski definition) is 3. The van der Waals surface area contributed by atoms with Gasteiger partial charge in [0.2, 0.25) is 5.91 Å². The number of carbonyl (C=O) groups is 1. The van der Waals surface area contributed by atoms with Gasteiger partial charge in [0.05, 0.1) is 12.2 Å². The molecule has 0 saturated heterocycles. The van der Waals surface area contributed by atoms with Gasteiger partial charge < -0.3 is 10.6 Å². The van der Waals surface area contributed by atoms with Crippen LogP contribution in [0.4, 0.5) is 0 Å². The van der Waals surface area contributed by atoms with Crippen molar-refractivity contribution in [2.75, 3.05) is 6.54 Å². The molecular formula is C12H22N4O. The van der Waals surface area contributed by atoms with Crippen molar-refractivity contribution in [1.82, 2.24) is 20.4 Å². The average Bonchev–Trinajstić information content (AvgIpc) is 2.57. The molecule has 1 amide bonds. The van der Waals surface area contributed by atoms with Crippen molar-refractivity contribution in [2.45, 2.75) is 39.8 Å². The summed E-state index contributed by atoms with van der Waals surface area (Å²) < 4.78 is 1.78. The monoisotopic (exact) mass is 238 g/mol. The van der Waals surface area contributed by atoms with Crippen LogP contribution < -0.4 is 10.6 Å². The van der Waals surface area contributed by atoms with Gasteiger partial charge in [-0.1, -0.05) is 6.92 Å². The molecule has 1 unspecified atom stereocenters. The van der Waals surface area contributed by atoms with Gasteiger partial charge in [-0.25, -0.2) is 0 Å². The molecule has 0 aliphatic carbocycles. The Labute approximate surface area is 103 Å². The number of carbonyl (C=O) groups excluding carboxylic acids is 1. The minimum atomic E-state index is 0.0425. The molecule has 1 aromatic rings. The maximum absolute atomic E-state index is 11.5. The fourth-order valence-corrected chi connectivity index (χ4v) is 1.56. The minimum Gasteiger partial charge on any atom is -0.353 e. The van der Waals surface area contributed by atoms with E-state index in [9.17, 15) is 4.79 Å². The van der Waals surface area contributed by atoms with Crippen LogP contribution in [0, 0.1) is 6.92 Å². The summed E-state index contributed by atoms with van der Waals surface area (Å²) in [4.78, 5) is 11.5. The molecule has 1 heterocycles. The Hall–Kier alpha value is -1.36. The summed E-state index contributed by atoms with van der Waals surface area (Å²) in [6.07, 6.45) is 2.92. The first kappa shape index (κ1) is 13.7. The highest BCUT2D eigenvalue weighted by Crippen LogP contribution is 2.03. The summed E-state index contributed by atoms with van der Waals surface area (Å²) in [5.74, 6) is 0.0425. The molecule has 17 heavy (non-hydrogen) atoms. The first-order chi connectivity index (χ1) is 8.02. The summed E-state index contributed by atoms with van der Waals surface area (Å²) in [7, 11) is 1.89. The van der Waals surface area contributed by atoms with Crippen LogP contribution in [-0.2, 0) is 18.4 Å². The Morgan fingerprint density at radius 2 is 2.29 bits per heavy atom. The molecule has 1 aromatic heterocycles. The third-order valence-electron chi connectivity index (χ3n) is 2.74. The minimum absolute atomic E-state index is 0.0425. The van der Waals surface area contributed by atoms with Gasteiger partial charge in [0.1, 0.15) is 0 Å². The van der Waals surface area contributed by atoms with Crippen LogP contribution in [0.2, 0.25) is 0 Å². The van der Waals surface area contributed by atoms with Crippen LogP contribution in [0.1, 0.15) is 31.5 Å². The van der Waals surface area contributed by atoms with E-state index in [1.807, 2.05) is 27.1 Å². The van der Waals surface area contributed by atoms with Gasteiger partial charge in [-0.2, -0.15) is 5.10 Å². The second kappa shape index (κ2) is 6.39. The van der Waals surface area contributed by atoms with E-state index in [1.165, 1.54) is 0 Å². The fourth-order valence-electron chi connectivity index (χ4n) is 1.56. The summed E-state index contributed by atoms with van der Waals surface area (Å²) in [6.45, 7) is 7.04. The summed E-state index contributed by atoms with van der Waals surface area (Å²) >= 11 is 0. The largest absolute Gasteiger partial charge is 0.353 e. The summed E-state index contributed by atoms with van der Waals surface area (Å²) in [5.41, 5.74) is 2.13. The maximum Gasteiger partial charge on any atom is 0.234 e. The van der Waals surface area contributed by atoms with Crippen LogP contribution in [0.5, 0.6) is 0 Å². The van der Waals surface area contributed by atoms with Crippen LogP contribution >= 0.6 is 0 Å². The molecule has 0 radical (unpaired) electrons. The van der Waals surface area contributed by atoms with E-state index in [0.29, 0.717) is 13.1 Å². The zero-order valence-corrected chi connectivity index (χ0v) is 11.1. The molecule has 5 nitrogen and oxygen atoms in total. The lowest BCUT2D eigenvalue weighted by atomic mass is 10.2. The van der Waals surface area contributed by atoms with Gasteiger partial charge in [0, 0.05) is 31.4 Å². The Balaban J connectivity index is 2.28. The van der Waals surface area contributed by atoms with Crippen LogP contribution in [-0.4, -0.2) is 28.3 Å². The Bertz CT molecular complexity index is 373. The van der Waals surface area contributed by atoms with Gasteiger partial charge >= 0.3 is 0 Å². The second-order valence-corrected chi connectivity index (χ2v) is 4.39. The molecule has 2 N–H and O–H groups in total. The third-order valence-corrected chi connectivity index (χ3v) is 2.74. The van der Waals surface area contributed by atoms with E-state index in [4.69, 9.17) is 0 Å². The molecule has 0 saturated carbocycles. The molecule has 0 aliphatic heterocycles. The molecule has 0 bridgehead atoms. The molecule has 0 fully saturated rings. The highest BCUT2D eigenvalue weighted by Gasteiger charge is 2.06. The number of nitrogens with one attached hydrogen (secondary N) is 2. The molecule has 0 spiro atoms. The topological polar surface area (TPSA) is 59.0 Å². The van der Waals surface area contributed by atoms with Gasteiger partial charge in [0.25, 0.3) is 0 Å². The van der Waals surface area contributed by atoms with Crippen LogP contribution in [0.3, 0.4) is 0 Å². The molecule has 1 rings (SSSR count). The lowest BCUT2D eigenvalue weighted by Gasteiger charge is -2.11. The van der Waals surface area contributed by atoms with Crippen molar-refractivity contribution in [2.24, 2.45) is 7.05 Å². The SMILES string of the molecule is CCC(C)NC(=O)CNCc1cn(C)nc1C. The van der Waals surface area contributed by atoms with E-state index in [0.717, 1.165) is 17.7 Å².